The summed E-state index contributed by atoms with van der Waals surface area (Å²) < 4.78 is 14.9. The van der Waals surface area contributed by atoms with Crippen molar-refractivity contribution in [3.05, 3.63) is 30.1 Å². The molecule has 0 atom stereocenters. The molecule has 0 N–H and O–H groups in total. The molecule has 0 saturated carbocycles. The van der Waals surface area contributed by atoms with Crippen LogP contribution in [0.2, 0.25) is 0 Å². The standard InChI is InChI=1S/C11H15NO4/c1-14-6-7-15-8-9-16-11(13)10-4-2-3-5-12-10/h2-5H,6-9H2,1H3. The molecule has 0 aliphatic heterocycles. The number of nitrogens with zero attached hydrogens (tertiary/aromatic N) is 1. The molecule has 1 aromatic rings. The Balaban J connectivity index is 2.12. The SMILES string of the molecule is COCCOCCOC(=O)c1ccccn1. The molecule has 0 aromatic carbocycles. The van der Waals surface area contributed by atoms with Crippen LogP contribution in [0, 0.1) is 0 Å². The lowest BCUT2D eigenvalue weighted by Crippen LogP contribution is -2.13. The van der Waals surface area contributed by atoms with E-state index in [4.69, 9.17) is 14.2 Å². The summed E-state index contributed by atoms with van der Waals surface area (Å²) in [5.41, 5.74) is 0.305. The van der Waals surface area contributed by atoms with Crippen molar-refractivity contribution in [3.8, 4) is 0 Å². The Kier molecular flexibility index (Phi) is 6.13. The number of pyridine rings is 1. The molecule has 1 aromatic heterocycles. The quantitative estimate of drug-likeness (QED) is 0.509. The lowest BCUT2D eigenvalue weighted by molar-refractivity contribution is 0.0209. The minimum atomic E-state index is -0.434. The lowest BCUT2D eigenvalue weighted by atomic mass is 10.4. The first-order chi connectivity index (χ1) is 7.84. The van der Waals surface area contributed by atoms with Crippen LogP contribution < -0.4 is 0 Å². The summed E-state index contributed by atoms with van der Waals surface area (Å²) in [6.07, 6.45) is 1.55. The zero-order valence-corrected chi connectivity index (χ0v) is 9.22. The molecule has 5 heteroatoms. The average molecular weight is 225 g/mol. The monoisotopic (exact) mass is 225 g/mol. The van der Waals surface area contributed by atoms with Crippen LogP contribution in [0.4, 0.5) is 0 Å². The highest BCUT2D eigenvalue weighted by molar-refractivity contribution is 5.87. The molecule has 0 bridgehead atoms. The smallest absolute Gasteiger partial charge is 0.356 e. The van der Waals surface area contributed by atoms with Crippen molar-refractivity contribution < 1.29 is 19.0 Å². The highest BCUT2D eigenvalue weighted by Gasteiger charge is 2.06. The van der Waals surface area contributed by atoms with Crippen LogP contribution in [-0.2, 0) is 14.2 Å². The first kappa shape index (κ1) is 12.6. The largest absolute Gasteiger partial charge is 0.459 e. The molecule has 1 heterocycles. The van der Waals surface area contributed by atoms with Crippen molar-refractivity contribution in [2.24, 2.45) is 0 Å². The Bertz CT molecular complexity index is 302. The van der Waals surface area contributed by atoms with Gasteiger partial charge in [0.25, 0.3) is 0 Å². The normalized spacial score (nSPS) is 10.1. The number of rotatable bonds is 7. The van der Waals surface area contributed by atoms with E-state index in [1.807, 2.05) is 0 Å². The van der Waals surface area contributed by atoms with Gasteiger partial charge in [-0.05, 0) is 12.1 Å². The van der Waals surface area contributed by atoms with Crippen molar-refractivity contribution in [1.82, 2.24) is 4.98 Å². The van der Waals surface area contributed by atoms with E-state index in [0.29, 0.717) is 25.5 Å². The second kappa shape index (κ2) is 7.78. The average Bonchev–Trinajstić information content (AvgIpc) is 2.34. The molecule has 88 valence electrons. The van der Waals surface area contributed by atoms with Crippen LogP contribution in [0.25, 0.3) is 0 Å². The van der Waals surface area contributed by atoms with Crippen LogP contribution in [0.3, 0.4) is 0 Å². The van der Waals surface area contributed by atoms with Gasteiger partial charge in [0.2, 0.25) is 0 Å². The highest BCUT2D eigenvalue weighted by Crippen LogP contribution is 1.96. The Hall–Kier alpha value is -1.46. The van der Waals surface area contributed by atoms with E-state index in [-0.39, 0.29) is 6.61 Å². The summed E-state index contributed by atoms with van der Waals surface area (Å²) in [6.45, 7) is 1.62. The van der Waals surface area contributed by atoms with E-state index >= 15 is 0 Å². The highest BCUT2D eigenvalue weighted by atomic mass is 16.6. The van der Waals surface area contributed by atoms with Gasteiger partial charge in [0, 0.05) is 13.3 Å². The number of ether oxygens (including phenoxy) is 3. The molecule has 0 unspecified atom stereocenters. The van der Waals surface area contributed by atoms with Crippen LogP contribution >= 0.6 is 0 Å². The Labute approximate surface area is 94.3 Å². The van der Waals surface area contributed by atoms with Gasteiger partial charge in [-0.2, -0.15) is 0 Å². The predicted molar refractivity (Wildman–Crippen MR) is 57.2 cm³/mol. The Morgan fingerprint density at radius 3 is 2.75 bits per heavy atom. The van der Waals surface area contributed by atoms with E-state index in [2.05, 4.69) is 4.98 Å². The molecule has 1 rings (SSSR count). The van der Waals surface area contributed by atoms with Crippen LogP contribution in [-0.4, -0.2) is 44.5 Å². The Morgan fingerprint density at radius 2 is 2.06 bits per heavy atom. The van der Waals surface area contributed by atoms with Crippen molar-refractivity contribution in [2.75, 3.05) is 33.5 Å². The first-order valence-electron chi connectivity index (χ1n) is 4.99. The molecule has 0 radical (unpaired) electrons. The van der Waals surface area contributed by atoms with Gasteiger partial charge in [-0.1, -0.05) is 6.07 Å². The maximum absolute atomic E-state index is 11.4. The van der Waals surface area contributed by atoms with Gasteiger partial charge in [-0.15, -0.1) is 0 Å². The number of hydrogen-bond acceptors (Lipinski definition) is 5. The lowest BCUT2D eigenvalue weighted by Gasteiger charge is -2.05. The topological polar surface area (TPSA) is 57.7 Å². The Morgan fingerprint density at radius 1 is 1.25 bits per heavy atom. The minimum absolute atomic E-state index is 0.221. The molecule has 0 amide bonds. The molecule has 0 spiro atoms. The summed E-state index contributed by atoms with van der Waals surface area (Å²) in [7, 11) is 1.60. The van der Waals surface area contributed by atoms with Crippen molar-refractivity contribution in [2.45, 2.75) is 0 Å². The molecule has 0 aliphatic carbocycles. The van der Waals surface area contributed by atoms with Gasteiger partial charge < -0.3 is 14.2 Å². The van der Waals surface area contributed by atoms with Crippen LogP contribution in [0.1, 0.15) is 10.5 Å². The second-order valence-corrected chi connectivity index (χ2v) is 2.96. The fraction of sp³-hybridized carbons (Fsp3) is 0.455. The van der Waals surface area contributed by atoms with E-state index < -0.39 is 5.97 Å². The van der Waals surface area contributed by atoms with Crippen LogP contribution in [0.15, 0.2) is 24.4 Å². The van der Waals surface area contributed by atoms with Crippen molar-refractivity contribution >= 4 is 5.97 Å². The summed E-state index contributed by atoms with van der Waals surface area (Å²) in [5, 5.41) is 0. The third kappa shape index (κ3) is 4.86. The summed E-state index contributed by atoms with van der Waals surface area (Å²) >= 11 is 0. The third-order valence-corrected chi connectivity index (χ3v) is 1.77. The number of carbonyl (C=O) groups excluding carboxylic acids is 1. The number of methoxy groups -OCH3 is 1. The summed E-state index contributed by atoms with van der Waals surface area (Å²) in [6, 6.07) is 5.08. The minimum Gasteiger partial charge on any atom is -0.459 e. The van der Waals surface area contributed by atoms with Gasteiger partial charge in [0.05, 0.1) is 19.8 Å². The molecule has 0 fully saturated rings. The van der Waals surface area contributed by atoms with Crippen molar-refractivity contribution in [1.29, 1.82) is 0 Å². The molecule has 0 aliphatic rings. The van der Waals surface area contributed by atoms with Crippen molar-refractivity contribution in [3.63, 3.8) is 0 Å². The number of aromatic nitrogens is 1. The molecule has 5 nitrogen and oxygen atoms in total. The maximum Gasteiger partial charge on any atom is 0.356 e. The van der Waals surface area contributed by atoms with E-state index in [9.17, 15) is 4.79 Å². The molecule has 0 saturated heterocycles. The van der Waals surface area contributed by atoms with E-state index in [1.165, 1.54) is 0 Å². The van der Waals surface area contributed by atoms with Gasteiger partial charge >= 0.3 is 5.97 Å². The van der Waals surface area contributed by atoms with Gasteiger partial charge in [-0.3, -0.25) is 0 Å². The summed E-state index contributed by atoms with van der Waals surface area (Å²) in [5.74, 6) is -0.434. The predicted octanol–water partition coefficient (Wildman–Crippen LogP) is 0.901. The van der Waals surface area contributed by atoms with Gasteiger partial charge in [0.1, 0.15) is 12.3 Å². The van der Waals surface area contributed by atoms with Crippen LogP contribution in [0.5, 0.6) is 0 Å². The molecule has 16 heavy (non-hydrogen) atoms. The zero-order valence-electron chi connectivity index (χ0n) is 9.22. The fourth-order valence-corrected chi connectivity index (χ4v) is 0.995. The van der Waals surface area contributed by atoms with E-state index in [0.717, 1.165) is 0 Å². The number of hydrogen-bond donors (Lipinski definition) is 0. The first-order valence-corrected chi connectivity index (χ1v) is 4.99. The number of esters is 1. The maximum atomic E-state index is 11.4. The van der Waals surface area contributed by atoms with E-state index in [1.54, 1.807) is 31.5 Å². The second-order valence-electron chi connectivity index (χ2n) is 2.96. The van der Waals surface area contributed by atoms with Gasteiger partial charge in [-0.25, -0.2) is 9.78 Å². The fourth-order valence-electron chi connectivity index (χ4n) is 0.995. The zero-order chi connectivity index (χ0) is 11.6. The number of carbonyl (C=O) groups is 1. The molecular weight excluding hydrogens is 210 g/mol. The van der Waals surface area contributed by atoms with Gasteiger partial charge in [0.15, 0.2) is 0 Å². The summed E-state index contributed by atoms with van der Waals surface area (Å²) in [4.78, 5) is 15.2. The molecular formula is C11H15NO4. The third-order valence-electron chi connectivity index (χ3n) is 1.77.